The molecule has 0 heterocycles. The molecule has 0 aliphatic carbocycles. The van der Waals surface area contributed by atoms with Crippen molar-refractivity contribution in [2.75, 3.05) is 0 Å². The highest BCUT2D eigenvalue weighted by Crippen LogP contribution is 2.18. The van der Waals surface area contributed by atoms with Gasteiger partial charge in [0.15, 0.2) is 0 Å². The molecule has 0 bridgehead atoms. The third-order valence-corrected chi connectivity index (χ3v) is 2.21. The Morgan fingerprint density at radius 3 is 2.62 bits per heavy atom. The molecule has 13 heavy (non-hydrogen) atoms. The van der Waals surface area contributed by atoms with Gasteiger partial charge in [-0.2, -0.15) is 0 Å². The highest BCUT2D eigenvalue weighted by atomic mass is 16.3. The van der Waals surface area contributed by atoms with E-state index in [1.807, 2.05) is 19.1 Å². The third kappa shape index (κ3) is 3.07. The van der Waals surface area contributed by atoms with Gasteiger partial charge in [-0.15, -0.1) is 0 Å². The van der Waals surface area contributed by atoms with Crippen LogP contribution in [0.1, 0.15) is 25.3 Å². The predicted octanol–water partition coefficient (Wildman–Crippen LogP) is 2.10. The van der Waals surface area contributed by atoms with Gasteiger partial charge in [0.1, 0.15) is 5.75 Å². The summed E-state index contributed by atoms with van der Waals surface area (Å²) in [6.45, 7) is 1.95. The van der Waals surface area contributed by atoms with Crippen molar-refractivity contribution in [3.63, 3.8) is 0 Å². The van der Waals surface area contributed by atoms with Gasteiger partial charge in [-0.1, -0.05) is 25.1 Å². The molecule has 2 nitrogen and oxygen atoms in total. The maximum atomic E-state index is 9.41. The Bertz CT molecular complexity index is 258. The Hall–Kier alpha value is -1.02. The van der Waals surface area contributed by atoms with Gasteiger partial charge in [-0.25, -0.2) is 0 Å². The van der Waals surface area contributed by atoms with E-state index in [9.17, 15) is 10.2 Å². The summed E-state index contributed by atoms with van der Waals surface area (Å²) in [6.07, 6.45) is 1.98. The second-order valence-electron chi connectivity index (χ2n) is 3.23. The number of aliphatic hydroxyl groups is 1. The normalized spacial score (nSPS) is 12.8. The van der Waals surface area contributed by atoms with Gasteiger partial charge >= 0.3 is 0 Å². The molecule has 0 spiro atoms. The van der Waals surface area contributed by atoms with E-state index >= 15 is 0 Å². The number of phenols is 1. The predicted molar refractivity (Wildman–Crippen MR) is 52.7 cm³/mol. The molecule has 0 aromatic heterocycles. The van der Waals surface area contributed by atoms with Crippen molar-refractivity contribution in [2.45, 2.75) is 32.3 Å². The zero-order chi connectivity index (χ0) is 9.68. The fourth-order valence-electron chi connectivity index (χ4n) is 1.25. The molecule has 0 saturated heterocycles. The minimum Gasteiger partial charge on any atom is -0.508 e. The number of hydrogen-bond donors (Lipinski definition) is 2. The van der Waals surface area contributed by atoms with Crippen LogP contribution in [0.15, 0.2) is 24.3 Å². The number of aryl methyl sites for hydroxylation is 1. The van der Waals surface area contributed by atoms with E-state index in [1.165, 1.54) is 0 Å². The summed E-state index contributed by atoms with van der Waals surface area (Å²) in [4.78, 5) is 0. The van der Waals surface area contributed by atoms with Gasteiger partial charge in [0, 0.05) is 0 Å². The number of para-hydroxylation sites is 1. The fourth-order valence-corrected chi connectivity index (χ4v) is 1.25. The van der Waals surface area contributed by atoms with Crippen molar-refractivity contribution in [1.29, 1.82) is 0 Å². The minimum atomic E-state index is -0.250. The lowest BCUT2D eigenvalue weighted by Crippen LogP contribution is -2.05. The lowest BCUT2D eigenvalue weighted by atomic mass is 10.0. The van der Waals surface area contributed by atoms with Gasteiger partial charge < -0.3 is 10.2 Å². The van der Waals surface area contributed by atoms with E-state index in [0.717, 1.165) is 18.4 Å². The highest BCUT2D eigenvalue weighted by molar-refractivity contribution is 5.31. The molecule has 0 aliphatic heterocycles. The van der Waals surface area contributed by atoms with Crippen LogP contribution in [0.2, 0.25) is 0 Å². The molecule has 0 unspecified atom stereocenters. The average molecular weight is 180 g/mol. The summed E-state index contributed by atoms with van der Waals surface area (Å²) in [5, 5.41) is 18.7. The summed E-state index contributed by atoms with van der Waals surface area (Å²) in [5.74, 6) is 0.325. The number of phenolic OH excluding ortho intramolecular Hbond substituents is 1. The lowest BCUT2D eigenvalue weighted by molar-refractivity contribution is 0.160. The van der Waals surface area contributed by atoms with E-state index in [1.54, 1.807) is 12.1 Å². The standard InChI is InChI=1S/C11H16O2/c1-2-10(12)8-7-9-5-3-4-6-11(9)13/h3-6,10,12-13H,2,7-8H2,1H3/t10-/m1/s1. The molecule has 1 rings (SSSR count). The van der Waals surface area contributed by atoms with Crippen molar-refractivity contribution in [1.82, 2.24) is 0 Å². The third-order valence-electron chi connectivity index (χ3n) is 2.21. The molecular weight excluding hydrogens is 164 g/mol. The summed E-state index contributed by atoms with van der Waals surface area (Å²) in [5.41, 5.74) is 0.912. The van der Waals surface area contributed by atoms with Crippen molar-refractivity contribution in [3.8, 4) is 5.75 Å². The van der Waals surface area contributed by atoms with E-state index in [-0.39, 0.29) is 6.10 Å². The SMILES string of the molecule is CC[C@@H](O)CCc1ccccc1O. The van der Waals surface area contributed by atoms with Crippen molar-refractivity contribution in [2.24, 2.45) is 0 Å². The zero-order valence-corrected chi connectivity index (χ0v) is 7.90. The van der Waals surface area contributed by atoms with Crippen LogP contribution in [0, 0.1) is 0 Å². The minimum absolute atomic E-state index is 0.250. The van der Waals surface area contributed by atoms with Crippen LogP contribution < -0.4 is 0 Å². The highest BCUT2D eigenvalue weighted by Gasteiger charge is 2.03. The molecule has 0 fully saturated rings. The largest absolute Gasteiger partial charge is 0.508 e. The van der Waals surface area contributed by atoms with Gasteiger partial charge in [-0.3, -0.25) is 0 Å². The number of aliphatic hydroxyl groups excluding tert-OH is 1. The van der Waals surface area contributed by atoms with E-state index in [2.05, 4.69) is 0 Å². The molecule has 0 radical (unpaired) electrons. The van der Waals surface area contributed by atoms with Crippen LogP contribution in [0.25, 0.3) is 0 Å². The monoisotopic (exact) mass is 180 g/mol. The summed E-state index contributed by atoms with van der Waals surface area (Å²) in [7, 11) is 0. The Labute approximate surface area is 78.8 Å². The van der Waals surface area contributed by atoms with Crippen LogP contribution in [0.4, 0.5) is 0 Å². The maximum Gasteiger partial charge on any atom is 0.118 e. The van der Waals surface area contributed by atoms with E-state index in [4.69, 9.17) is 0 Å². The molecule has 2 heteroatoms. The summed E-state index contributed by atoms with van der Waals surface area (Å²) < 4.78 is 0. The Balaban J connectivity index is 2.50. The van der Waals surface area contributed by atoms with E-state index < -0.39 is 0 Å². The first-order chi connectivity index (χ1) is 6.24. The number of benzene rings is 1. The van der Waals surface area contributed by atoms with Crippen LogP contribution in [0.3, 0.4) is 0 Å². The Morgan fingerprint density at radius 1 is 1.31 bits per heavy atom. The quantitative estimate of drug-likeness (QED) is 0.745. The zero-order valence-electron chi connectivity index (χ0n) is 7.90. The molecule has 0 saturated carbocycles. The number of hydrogen-bond acceptors (Lipinski definition) is 2. The second kappa shape index (κ2) is 4.87. The first-order valence-corrected chi connectivity index (χ1v) is 4.69. The molecule has 1 aromatic carbocycles. The molecule has 72 valence electrons. The first kappa shape index (κ1) is 10.1. The molecule has 1 atom stereocenters. The van der Waals surface area contributed by atoms with E-state index in [0.29, 0.717) is 12.2 Å². The smallest absolute Gasteiger partial charge is 0.118 e. The molecule has 0 amide bonds. The molecule has 0 aliphatic rings. The first-order valence-electron chi connectivity index (χ1n) is 4.69. The number of rotatable bonds is 4. The van der Waals surface area contributed by atoms with Crippen LogP contribution in [-0.2, 0) is 6.42 Å². The topological polar surface area (TPSA) is 40.5 Å². The van der Waals surface area contributed by atoms with Crippen LogP contribution >= 0.6 is 0 Å². The lowest BCUT2D eigenvalue weighted by Gasteiger charge is -2.08. The van der Waals surface area contributed by atoms with Gasteiger partial charge in [0.05, 0.1) is 6.10 Å². The Morgan fingerprint density at radius 2 is 2.00 bits per heavy atom. The molecular formula is C11H16O2. The van der Waals surface area contributed by atoms with Gasteiger partial charge in [0.25, 0.3) is 0 Å². The van der Waals surface area contributed by atoms with Crippen LogP contribution in [-0.4, -0.2) is 16.3 Å². The molecule has 1 aromatic rings. The van der Waals surface area contributed by atoms with Crippen molar-refractivity contribution in [3.05, 3.63) is 29.8 Å². The maximum absolute atomic E-state index is 9.41. The second-order valence-corrected chi connectivity index (χ2v) is 3.23. The summed E-state index contributed by atoms with van der Waals surface area (Å²) in [6, 6.07) is 7.26. The number of aromatic hydroxyl groups is 1. The average Bonchev–Trinajstić information content (AvgIpc) is 2.16. The Kier molecular flexibility index (Phi) is 3.77. The van der Waals surface area contributed by atoms with Gasteiger partial charge in [-0.05, 0) is 30.9 Å². The van der Waals surface area contributed by atoms with Crippen molar-refractivity contribution >= 4 is 0 Å². The fraction of sp³-hybridized carbons (Fsp3) is 0.455. The van der Waals surface area contributed by atoms with Gasteiger partial charge in [0.2, 0.25) is 0 Å². The van der Waals surface area contributed by atoms with Crippen molar-refractivity contribution < 1.29 is 10.2 Å². The molecule has 2 N–H and O–H groups in total. The van der Waals surface area contributed by atoms with Crippen LogP contribution in [0.5, 0.6) is 5.75 Å². The summed E-state index contributed by atoms with van der Waals surface area (Å²) >= 11 is 0.